The second-order valence-electron chi connectivity index (χ2n) is 10.1. The van der Waals surface area contributed by atoms with Crippen molar-refractivity contribution < 1.29 is 4.74 Å². The van der Waals surface area contributed by atoms with Gasteiger partial charge in [-0.3, -0.25) is 0 Å². The molecule has 3 aromatic rings. The van der Waals surface area contributed by atoms with E-state index in [0.717, 1.165) is 5.75 Å². The lowest BCUT2D eigenvalue weighted by Gasteiger charge is -2.25. The maximum absolute atomic E-state index is 6.22. The van der Waals surface area contributed by atoms with Gasteiger partial charge in [0, 0.05) is 11.1 Å². The first kappa shape index (κ1) is 24.1. The van der Waals surface area contributed by atoms with Crippen molar-refractivity contribution in [2.24, 2.45) is 0 Å². The highest BCUT2D eigenvalue weighted by Crippen LogP contribution is 2.47. The van der Waals surface area contributed by atoms with E-state index in [4.69, 9.17) is 4.74 Å². The van der Waals surface area contributed by atoms with Crippen molar-refractivity contribution in [3.05, 3.63) is 76.9 Å². The minimum Gasteiger partial charge on any atom is -0.495 e. The molecule has 0 radical (unpaired) electrons. The number of hydrogen-bond acceptors (Lipinski definition) is 1. The summed E-state index contributed by atoms with van der Waals surface area (Å²) in [5.41, 5.74) is 10.6. The Labute approximate surface area is 195 Å². The fourth-order valence-corrected chi connectivity index (χ4v) is 4.87. The minimum absolute atomic E-state index is 0.436. The molecule has 1 heteroatoms. The van der Waals surface area contributed by atoms with E-state index in [2.05, 4.69) is 110 Å². The van der Waals surface area contributed by atoms with Crippen LogP contribution in [0.15, 0.2) is 54.6 Å². The molecule has 0 heterocycles. The van der Waals surface area contributed by atoms with Crippen LogP contribution in [0.4, 0.5) is 0 Å². The Morgan fingerprint density at radius 2 is 0.750 bits per heavy atom. The third-order valence-electron chi connectivity index (χ3n) is 6.50. The Morgan fingerprint density at radius 3 is 1.00 bits per heavy atom. The monoisotopic (exact) mass is 428 g/mol. The first-order valence-corrected chi connectivity index (χ1v) is 12.1. The number of rotatable bonds is 7. The summed E-state index contributed by atoms with van der Waals surface area (Å²) in [4.78, 5) is 0. The summed E-state index contributed by atoms with van der Waals surface area (Å²) in [7, 11) is 1.82. The van der Waals surface area contributed by atoms with E-state index >= 15 is 0 Å². The van der Waals surface area contributed by atoms with Gasteiger partial charge in [0.25, 0.3) is 0 Å². The molecular formula is C31H40O. The van der Waals surface area contributed by atoms with Gasteiger partial charge in [-0.2, -0.15) is 0 Å². The predicted octanol–water partition coefficient (Wildman–Crippen LogP) is 9.52. The molecular weight excluding hydrogens is 388 g/mol. The van der Waals surface area contributed by atoms with Crippen molar-refractivity contribution in [2.45, 2.75) is 79.1 Å². The van der Waals surface area contributed by atoms with Crippen LogP contribution in [0.3, 0.4) is 0 Å². The molecule has 0 fully saturated rings. The third-order valence-corrected chi connectivity index (χ3v) is 6.50. The second kappa shape index (κ2) is 9.94. The Bertz CT molecular complexity index is 936. The summed E-state index contributed by atoms with van der Waals surface area (Å²) in [5, 5.41) is 0. The average Bonchev–Trinajstić information content (AvgIpc) is 2.77. The van der Waals surface area contributed by atoms with Gasteiger partial charge in [-0.15, -0.1) is 0 Å². The highest BCUT2D eigenvalue weighted by molar-refractivity contribution is 5.87. The molecule has 0 spiro atoms. The molecule has 0 bridgehead atoms. The van der Waals surface area contributed by atoms with Crippen molar-refractivity contribution in [3.8, 4) is 28.0 Å². The zero-order valence-electron chi connectivity index (χ0n) is 21.4. The van der Waals surface area contributed by atoms with Crippen LogP contribution in [-0.2, 0) is 0 Å². The molecule has 0 aliphatic carbocycles. The van der Waals surface area contributed by atoms with Gasteiger partial charge in [-0.25, -0.2) is 0 Å². The van der Waals surface area contributed by atoms with E-state index in [1.54, 1.807) is 0 Å². The molecule has 0 aliphatic rings. The Hall–Kier alpha value is -2.54. The van der Waals surface area contributed by atoms with Crippen molar-refractivity contribution in [2.75, 3.05) is 7.11 Å². The molecule has 0 aliphatic heterocycles. The van der Waals surface area contributed by atoms with Crippen LogP contribution in [0, 0.1) is 0 Å². The van der Waals surface area contributed by atoms with Crippen molar-refractivity contribution in [3.63, 3.8) is 0 Å². The van der Waals surface area contributed by atoms with Crippen LogP contribution in [-0.4, -0.2) is 7.11 Å². The Balaban J connectivity index is 2.43. The maximum atomic E-state index is 6.22. The molecule has 32 heavy (non-hydrogen) atoms. The standard InChI is InChI=1S/C31H40O/c1-19(2)23-13-10-14-24(20(3)4)29(23)27-17-12-18-28(31(27)32-9)30-25(21(5)6)15-11-16-26(30)22(7)8/h10-22H,1-9H3. The highest BCUT2D eigenvalue weighted by Gasteiger charge is 2.23. The van der Waals surface area contributed by atoms with Crippen molar-refractivity contribution in [1.29, 1.82) is 0 Å². The number of hydrogen-bond donors (Lipinski definition) is 0. The Kier molecular flexibility index (Phi) is 7.49. The van der Waals surface area contributed by atoms with Gasteiger partial charge in [0.1, 0.15) is 5.75 Å². The summed E-state index contributed by atoms with van der Waals surface area (Å²) >= 11 is 0. The van der Waals surface area contributed by atoms with Crippen LogP contribution in [0.1, 0.15) is 101 Å². The molecule has 0 N–H and O–H groups in total. The van der Waals surface area contributed by atoms with Crippen LogP contribution in [0.5, 0.6) is 5.75 Å². The first-order chi connectivity index (χ1) is 15.2. The first-order valence-electron chi connectivity index (χ1n) is 12.1. The topological polar surface area (TPSA) is 9.23 Å². The molecule has 0 aromatic heterocycles. The Morgan fingerprint density at radius 1 is 0.469 bits per heavy atom. The quantitative estimate of drug-likeness (QED) is 0.364. The van der Waals surface area contributed by atoms with Gasteiger partial charge in [0.15, 0.2) is 0 Å². The van der Waals surface area contributed by atoms with Crippen LogP contribution < -0.4 is 4.74 Å². The largest absolute Gasteiger partial charge is 0.495 e. The predicted molar refractivity (Wildman–Crippen MR) is 140 cm³/mol. The molecule has 0 saturated carbocycles. The number of ether oxygens (including phenoxy) is 1. The molecule has 0 unspecified atom stereocenters. The lowest BCUT2D eigenvalue weighted by Crippen LogP contribution is -2.04. The van der Waals surface area contributed by atoms with Crippen LogP contribution in [0.25, 0.3) is 22.3 Å². The zero-order valence-corrected chi connectivity index (χ0v) is 21.4. The van der Waals surface area contributed by atoms with E-state index in [1.807, 2.05) is 7.11 Å². The minimum atomic E-state index is 0.436. The number of benzene rings is 3. The average molecular weight is 429 g/mol. The number of methoxy groups -OCH3 is 1. The van der Waals surface area contributed by atoms with E-state index in [-0.39, 0.29) is 0 Å². The normalized spacial score (nSPS) is 11.8. The summed E-state index contributed by atoms with van der Waals surface area (Å²) in [6, 6.07) is 20.2. The SMILES string of the molecule is COc1c(-c2c(C(C)C)cccc2C(C)C)cccc1-c1c(C(C)C)cccc1C(C)C. The summed E-state index contributed by atoms with van der Waals surface area (Å²) in [6.45, 7) is 18.3. The zero-order chi connectivity index (χ0) is 23.6. The van der Waals surface area contributed by atoms with E-state index in [0.29, 0.717) is 23.7 Å². The van der Waals surface area contributed by atoms with Crippen LogP contribution >= 0.6 is 0 Å². The third kappa shape index (κ3) is 4.49. The van der Waals surface area contributed by atoms with E-state index < -0.39 is 0 Å². The van der Waals surface area contributed by atoms with Gasteiger partial charge in [0.05, 0.1) is 7.11 Å². The fourth-order valence-electron chi connectivity index (χ4n) is 4.87. The van der Waals surface area contributed by atoms with Gasteiger partial charge < -0.3 is 4.74 Å². The molecule has 3 rings (SSSR count). The van der Waals surface area contributed by atoms with Gasteiger partial charge in [-0.1, -0.05) is 110 Å². The lowest BCUT2D eigenvalue weighted by molar-refractivity contribution is 0.418. The molecule has 0 amide bonds. The smallest absolute Gasteiger partial charge is 0.134 e. The fraction of sp³-hybridized carbons (Fsp3) is 0.419. The molecule has 0 saturated heterocycles. The second-order valence-corrected chi connectivity index (χ2v) is 10.1. The molecule has 1 nitrogen and oxygen atoms in total. The lowest BCUT2D eigenvalue weighted by atomic mass is 9.81. The van der Waals surface area contributed by atoms with Crippen molar-refractivity contribution in [1.82, 2.24) is 0 Å². The van der Waals surface area contributed by atoms with Gasteiger partial charge in [0.2, 0.25) is 0 Å². The summed E-state index contributed by atoms with van der Waals surface area (Å²) in [5.74, 6) is 2.73. The van der Waals surface area contributed by atoms with Gasteiger partial charge >= 0.3 is 0 Å². The van der Waals surface area contributed by atoms with Gasteiger partial charge in [-0.05, 0) is 57.1 Å². The summed E-state index contributed by atoms with van der Waals surface area (Å²) < 4.78 is 6.22. The molecule has 3 aromatic carbocycles. The maximum Gasteiger partial charge on any atom is 0.134 e. The molecule has 170 valence electrons. The van der Waals surface area contributed by atoms with Crippen LogP contribution in [0.2, 0.25) is 0 Å². The van der Waals surface area contributed by atoms with Crippen molar-refractivity contribution >= 4 is 0 Å². The van der Waals surface area contributed by atoms with E-state index in [9.17, 15) is 0 Å². The van der Waals surface area contributed by atoms with E-state index in [1.165, 1.54) is 44.5 Å². The molecule has 0 atom stereocenters. The number of para-hydroxylation sites is 1. The highest BCUT2D eigenvalue weighted by atomic mass is 16.5. The summed E-state index contributed by atoms with van der Waals surface area (Å²) in [6.07, 6.45) is 0.